The van der Waals surface area contributed by atoms with Crippen LogP contribution >= 0.6 is 0 Å². The van der Waals surface area contributed by atoms with Crippen molar-refractivity contribution in [3.05, 3.63) is 192 Å². The molecular weight excluding hydrogens is 637 g/mol. The zero-order valence-corrected chi connectivity index (χ0v) is 29.9. The van der Waals surface area contributed by atoms with Crippen LogP contribution in [0.4, 0.5) is 0 Å². The number of nitrogens with two attached hydrogens (primary N) is 1. The van der Waals surface area contributed by atoms with Crippen LogP contribution in [0.5, 0.6) is 23.0 Å². The third-order valence-electron chi connectivity index (χ3n) is 9.92. The highest BCUT2D eigenvalue weighted by molar-refractivity contribution is 5.73. The second-order valence-electron chi connectivity index (χ2n) is 14.0. The molecule has 2 unspecified atom stereocenters. The van der Waals surface area contributed by atoms with E-state index in [1.54, 1.807) is 0 Å². The Morgan fingerprint density at radius 2 is 1.15 bits per heavy atom. The molecule has 6 aromatic carbocycles. The monoisotopic (exact) mass is 680 g/mol. The molecule has 2 atom stereocenters. The van der Waals surface area contributed by atoms with Crippen molar-refractivity contribution in [2.45, 2.75) is 38.5 Å². The smallest absolute Gasteiger partial charge is 0.174 e. The van der Waals surface area contributed by atoms with E-state index in [1.165, 1.54) is 45.9 Å². The second kappa shape index (κ2) is 15.0. The van der Waals surface area contributed by atoms with E-state index < -0.39 is 0 Å². The third kappa shape index (κ3) is 7.33. The normalized spacial score (nSPS) is 16.5. The molecule has 0 saturated heterocycles. The van der Waals surface area contributed by atoms with E-state index in [9.17, 15) is 0 Å². The van der Waals surface area contributed by atoms with Gasteiger partial charge in [-0.3, -0.25) is 5.41 Å². The predicted octanol–water partition coefficient (Wildman–Crippen LogP) is 12.3. The first kappa shape index (κ1) is 34.3. The summed E-state index contributed by atoms with van der Waals surface area (Å²) in [6.45, 7) is 6.20. The van der Waals surface area contributed by atoms with E-state index in [4.69, 9.17) is 20.6 Å². The van der Waals surface area contributed by atoms with Gasteiger partial charge in [0.05, 0.1) is 5.84 Å². The highest BCUT2D eigenvalue weighted by Gasteiger charge is 2.47. The Hall–Kier alpha value is -6.13. The van der Waals surface area contributed by atoms with Gasteiger partial charge in [-0.05, 0) is 81.8 Å². The third-order valence-corrected chi connectivity index (χ3v) is 9.92. The summed E-state index contributed by atoms with van der Waals surface area (Å²) < 4.78 is 13.0. The summed E-state index contributed by atoms with van der Waals surface area (Å²) in [7, 11) is 0. The molecule has 4 nitrogen and oxygen atoms in total. The zero-order valence-electron chi connectivity index (χ0n) is 29.9. The van der Waals surface area contributed by atoms with Gasteiger partial charge in [0.25, 0.3) is 0 Å². The zero-order chi connectivity index (χ0) is 36.1. The van der Waals surface area contributed by atoms with Crippen LogP contribution in [-0.4, -0.2) is 5.84 Å². The summed E-state index contributed by atoms with van der Waals surface area (Å²) in [5.41, 5.74) is 14.8. The maximum absolute atomic E-state index is 6.57. The molecule has 0 aromatic heterocycles. The molecule has 2 aliphatic carbocycles. The molecule has 4 heteroatoms. The summed E-state index contributed by atoms with van der Waals surface area (Å²) in [4.78, 5) is 0. The van der Waals surface area contributed by atoms with Crippen molar-refractivity contribution >= 4 is 5.84 Å². The van der Waals surface area contributed by atoms with Crippen molar-refractivity contribution in [3.63, 3.8) is 0 Å². The number of amidine groups is 1. The lowest BCUT2D eigenvalue weighted by Crippen LogP contribution is -2.24. The van der Waals surface area contributed by atoms with Crippen molar-refractivity contribution < 1.29 is 9.47 Å². The number of benzene rings is 6. The lowest BCUT2D eigenvalue weighted by Gasteiger charge is -2.29. The molecule has 0 radical (unpaired) electrons. The van der Waals surface area contributed by atoms with Crippen LogP contribution in [0.15, 0.2) is 170 Å². The van der Waals surface area contributed by atoms with Gasteiger partial charge in [0, 0.05) is 11.5 Å². The first-order valence-corrected chi connectivity index (χ1v) is 17.8. The minimum absolute atomic E-state index is 0.0501. The van der Waals surface area contributed by atoms with Gasteiger partial charge in [-0.1, -0.05) is 166 Å². The molecule has 52 heavy (non-hydrogen) atoms. The molecule has 3 aliphatic rings. The Balaban J connectivity index is 0.000000218. The van der Waals surface area contributed by atoms with Crippen LogP contribution < -0.4 is 15.2 Å². The van der Waals surface area contributed by atoms with Crippen LogP contribution in [-0.2, 0) is 11.8 Å². The minimum atomic E-state index is 0.0501. The van der Waals surface area contributed by atoms with Crippen molar-refractivity contribution in [2.24, 2.45) is 11.7 Å². The maximum atomic E-state index is 6.57. The summed E-state index contributed by atoms with van der Waals surface area (Å²) in [5.74, 6) is 4.12. The molecule has 0 saturated carbocycles. The fraction of sp³-hybridized carbons (Fsp3) is 0.146. The van der Waals surface area contributed by atoms with Gasteiger partial charge in [-0.2, -0.15) is 0 Å². The second-order valence-corrected chi connectivity index (χ2v) is 14.0. The summed E-state index contributed by atoms with van der Waals surface area (Å²) >= 11 is 0. The molecule has 6 aromatic rings. The van der Waals surface area contributed by atoms with Crippen LogP contribution in [0.1, 0.15) is 48.9 Å². The summed E-state index contributed by atoms with van der Waals surface area (Å²) in [6.07, 6.45) is 9.89. The quantitative estimate of drug-likeness (QED) is 0.144. The number of hydrogen-bond acceptors (Lipinski definition) is 3. The molecule has 0 fully saturated rings. The maximum Gasteiger partial charge on any atom is 0.174 e. The average Bonchev–Trinajstić information content (AvgIpc) is 3.41. The molecule has 1 heterocycles. The summed E-state index contributed by atoms with van der Waals surface area (Å²) in [6, 6.07) is 50.7. The molecule has 0 spiro atoms. The Morgan fingerprint density at radius 1 is 0.596 bits per heavy atom. The first-order chi connectivity index (χ1) is 25.3. The van der Waals surface area contributed by atoms with Crippen molar-refractivity contribution in [3.8, 4) is 45.3 Å². The Kier molecular flexibility index (Phi) is 9.90. The largest absolute Gasteiger partial charge is 0.449 e. The highest BCUT2D eigenvalue weighted by Crippen LogP contribution is 2.60. The fourth-order valence-electron chi connectivity index (χ4n) is 7.44. The molecular formula is C48H44N2O2. The van der Waals surface area contributed by atoms with E-state index >= 15 is 0 Å². The van der Waals surface area contributed by atoms with Crippen LogP contribution in [0.25, 0.3) is 22.3 Å². The molecule has 0 amide bonds. The van der Waals surface area contributed by atoms with Crippen molar-refractivity contribution in [1.82, 2.24) is 0 Å². The number of ether oxygens (including phenoxy) is 2. The highest BCUT2D eigenvalue weighted by atomic mass is 16.6. The van der Waals surface area contributed by atoms with E-state index in [-0.39, 0.29) is 11.3 Å². The van der Waals surface area contributed by atoms with E-state index in [2.05, 4.69) is 166 Å². The Morgan fingerprint density at radius 3 is 1.83 bits per heavy atom. The van der Waals surface area contributed by atoms with Gasteiger partial charge in [0.2, 0.25) is 0 Å². The lowest BCUT2D eigenvalue weighted by atomic mass is 9.74. The molecule has 3 N–H and O–H groups in total. The van der Waals surface area contributed by atoms with E-state index in [1.807, 2.05) is 18.2 Å². The van der Waals surface area contributed by atoms with Crippen molar-refractivity contribution in [2.75, 3.05) is 0 Å². The van der Waals surface area contributed by atoms with Gasteiger partial charge < -0.3 is 15.2 Å². The standard InChI is InChI=1S/C34H28O2.C12H10.C2H6N2/c1-34(2)27-14-7-6-13-26(27)32-28(34)16-18-30-33(32)36-29-17-15-25(21-31(29)35-30)24-12-8-11-23(20-24)19-22-9-4-3-5-10-22;1-3-7-11(8-4-1)12-9-5-2-6-10-12;1-2(3)4/h3-18,20-21,26-27H,19H2,1-2H3;1-10H;1H3,(H3,3,4). The first-order valence-electron chi connectivity index (χ1n) is 17.8. The van der Waals surface area contributed by atoms with E-state index in [0.29, 0.717) is 11.8 Å². The van der Waals surface area contributed by atoms with Gasteiger partial charge >= 0.3 is 0 Å². The minimum Gasteiger partial charge on any atom is -0.449 e. The topological polar surface area (TPSA) is 68.3 Å². The number of allylic oxidation sites excluding steroid dienone is 4. The number of fused-ring (bicyclic) bond motifs is 6. The fourth-order valence-corrected chi connectivity index (χ4v) is 7.44. The summed E-state index contributed by atoms with van der Waals surface area (Å²) in [5, 5.41) is 6.28. The van der Waals surface area contributed by atoms with Gasteiger partial charge in [0.15, 0.2) is 23.0 Å². The van der Waals surface area contributed by atoms with Gasteiger partial charge in [-0.25, -0.2) is 0 Å². The van der Waals surface area contributed by atoms with Crippen LogP contribution in [0, 0.1) is 11.3 Å². The van der Waals surface area contributed by atoms with Crippen molar-refractivity contribution in [1.29, 1.82) is 5.41 Å². The molecule has 9 rings (SSSR count). The number of hydrogen-bond donors (Lipinski definition) is 2. The van der Waals surface area contributed by atoms with Gasteiger partial charge in [0.1, 0.15) is 0 Å². The number of rotatable bonds is 4. The number of nitrogens with one attached hydrogen (secondary N) is 1. The van der Waals surface area contributed by atoms with Crippen LogP contribution in [0.2, 0.25) is 0 Å². The molecule has 0 bridgehead atoms. The average molecular weight is 681 g/mol. The van der Waals surface area contributed by atoms with Gasteiger partial charge in [-0.15, -0.1) is 0 Å². The molecule has 1 aliphatic heterocycles. The van der Waals surface area contributed by atoms with Crippen LogP contribution in [0.3, 0.4) is 0 Å². The van der Waals surface area contributed by atoms with E-state index in [0.717, 1.165) is 35.0 Å². The SMILES string of the molecule is CC(=N)N.CC1(C)c2ccc3c(c2C2C=CC=CC21)Oc1ccc(-c2cccc(Cc4ccccc4)c2)cc1O3.c1ccc(-c2ccccc2)cc1. The Bertz CT molecular complexity index is 2200. The Labute approximate surface area is 307 Å². The lowest BCUT2D eigenvalue weighted by molar-refractivity contribution is 0.354. The molecule has 258 valence electrons. The predicted molar refractivity (Wildman–Crippen MR) is 215 cm³/mol.